The second kappa shape index (κ2) is 15.2. The quantitative estimate of drug-likeness (QED) is 0.138. The van der Waals surface area contributed by atoms with Crippen LogP contribution in [0.5, 0.6) is 0 Å². The first kappa shape index (κ1) is 39.1. The zero-order valence-corrected chi connectivity index (χ0v) is 37.6. The Bertz CT molecular complexity index is 3620. The van der Waals surface area contributed by atoms with E-state index in [4.69, 9.17) is 0 Å². The second-order valence-corrected chi connectivity index (χ2v) is 18.8. The summed E-state index contributed by atoms with van der Waals surface area (Å²) in [4.78, 5) is 2.40. The number of hydrogen-bond donors (Lipinski definition) is 0. The van der Waals surface area contributed by atoms with Crippen molar-refractivity contribution in [1.82, 2.24) is 0 Å². The van der Waals surface area contributed by atoms with Crippen LogP contribution < -0.4 is 4.90 Å². The van der Waals surface area contributed by atoms with Crippen LogP contribution in [0.4, 0.5) is 17.1 Å². The topological polar surface area (TPSA) is 3.24 Å². The SMILES string of the molecule is CC1(C)c2ccccc2-c2ccc(N(c3ccc(-c4ccccc4)cc3)c3ccc(-c4ccc(-c5cc6c7c(ccc8cccc(c87)C6(c6ccccc6)c6ccccc6)c5)cc4)cc3)cc21. The third-order valence-electron chi connectivity index (χ3n) is 14.9. The molecule has 0 amide bonds. The molecule has 316 valence electrons. The van der Waals surface area contributed by atoms with Crippen molar-refractivity contribution < 1.29 is 0 Å². The van der Waals surface area contributed by atoms with Crippen molar-refractivity contribution in [2.75, 3.05) is 4.90 Å². The summed E-state index contributed by atoms with van der Waals surface area (Å²) >= 11 is 0. The van der Waals surface area contributed by atoms with E-state index in [0.29, 0.717) is 0 Å². The van der Waals surface area contributed by atoms with E-state index in [9.17, 15) is 0 Å². The van der Waals surface area contributed by atoms with Gasteiger partial charge in [-0.2, -0.15) is 0 Å². The molecule has 2 aliphatic carbocycles. The van der Waals surface area contributed by atoms with Gasteiger partial charge in [-0.1, -0.05) is 214 Å². The van der Waals surface area contributed by atoms with Crippen molar-refractivity contribution in [3.8, 4) is 44.5 Å². The van der Waals surface area contributed by atoms with Crippen LogP contribution in [0.2, 0.25) is 0 Å². The van der Waals surface area contributed by atoms with E-state index in [1.807, 2.05) is 0 Å². The number of nitrogens with zero attached hydrogens (tertiary/aromatic N) is 1. The van der Waals surface area contributed by atoms with Crippen molar-refractivity contribution in [3.05, 3.63) is 282 Å². The first-order chi connectivity index (χ1) is 33.0. The van der Waals surface area contributed by atoms with Gasteiger partial charge in [-0.25, -0.2) is 0 Å². The standard InChI is InChI=1S/C66H47N/c1-65(2)59-23-13-12-22-57(59)58-40-39-56(43-61(58)65)67(54-35-31-46(32-36-54)44-15-6-3-7-16-44)55-37-33-47(34-38-55)45-25-27-48(28-26-45)51-41-50-30-29-49-17-14-24-60-63(49)64(50)62(42-51)66(60,52-18-8-4-9-19-52)53-20-10-5-11-21-53/h3-43H,1-2H3. The fourth-order valence-electron chi connectivity index (χ4n) is 11.7. The molecule has 0 saturated heterocycles. The molecule has 13 rings (SSSR count). The smallest absolute Gasteiger partial charge is 0.0714 e. The van der Waals surface area contributed by atoms with Crippen LogP contribution in [0.3, 0.4) is 0 Å². The lowest BCUT2D eigenvalue weighted by atomic mass is 9.67. The van der Waals surface area contributed by atoms with Gasteiger partial charge in [-0.3, -0.25) is 0 Å². The number of benzene rings is 11. The first-order valence-electron chi connectivity index (χ1n) is 23.5. The number of fused-ring (bicyclic) bond motifs is 3. The zero-order valence-electron chi connectivity index (χ0n) is 37.6. The minimum Gasteiger partial charge on any atom is -0.310 e. The highest BCUT2D eigenvalue weighted by atomic mass is 15.1. The van der Waals surface area contributed by atoms with Crippen molar-refractivity contribution in [2.45, 2.75) is 24.7 Å². The molecule has 0 heterocycles. The van der Waals surface area contributed by atoms with Crippen molar-refractivity contribution in [2.24, 2.45) is 0 Å². The highest BCUT2D eigenvalue weighted by Gasteiger charge is 2.45. The van der Waals surface area contributed by atoms with Crippen molar-refractivity contribution >= 4 is 38.6 Å². The molecule has 2 aliphatic rings. The molecule has 0 aliphatic heterocycles. The van der Waals surface area contributed by atoms with E-state index in [1.165, 1.54) is 99.4 Å². The van der Waals surface area contributed by atoms with E-state index in [0.717, 1.165) is 17.1 Å². The third kappa shape index (κ3) is 6.01. The summed E-state index contributed by atoms with van der Waals surface area (Å²) in [7, 11) is 0. The Morgan fingerprint density at radius 2 is 0.746 bits per heavy atom. The van der Waals surface area contributed by atoms with Crippen LogP contribution in [0.15, 0.2) is 249 Å². The van der Waals surface area contributed by atoms with E-state index in [1.54, 1.807) is 0 Å². The molecule has 0 radical (unpaired) electrons. The lowest BCUT2D eigenvalue weighted by Crippen LogP contribution is -2.28. The highest BCUT2D eigenvalue weighted by molar-refractivity contribution is 6.17. The van der Waals surface area contributed by atoms with Gasteiger partial charge >= 0.3 is 0 Å². The Balaban J connectivity index is 0.877. The molecule has 67 heavy (non-hydrogen) atoms. The number of anilines is 3. The van der Waals surface area contributed by atoms with Gasteiger partial charge in [0.25, 0.3) is 0 Å². The molecule has 0 bridgehead atoms. The Hall–Kier alpha value is -8.26. The fourth-order valence-corrected chi connectivity index (χ4v) is 11.7. The van der Waals surface area contributed by atoms with Gasteiger partial charge in [0.1, 0.15) is 0 Å². The maximum atomic E-state index is 2.48. The van der Waals surface area contributed by atoms with Crippen molar-refractivity contribution in [3.63, 3.8) is 0 Å². The third-order valence-corrected chi connectivity index (χ3v) is 14.9. The maximum Gasteiger partial charge on any atom is 0.0714 e. The van der Waals surface area contributed by atoms with Crippen LogP contribution in [-0.4, -0.2) is 0 Å². The molecule has 0 atom stereocenters. The molecule has 1 heteroatoms. The van der Waals surface area contributed by atoms with Crippen molar-refractivity contribution in [1.29, 1.82) is 0 Å². The monoisotopic (exact) mass is 853 g/mol. The summed E-state index contributed by atoms with van der Waals surface area (Å²) in [6.45, 7) is 4.71. The average molecular weight is 854 g/mol. The summed E-state index contributed by atoms with van der Waals surface area (Å²) < 4.78 is 0. The molecule has 0 N–H and O–H groups in total. The van der Waals surface area contributed by atoms with E-state index in [2.05, 4.69) is 267 Å². The Morgan fingerprint density at radius 3 is 1.37 bits per heavy atom. The second-order valence-electron chi connectivity index (χ2n) is 18.8. The lowest BCUT2D eigenvalue weighted by Gasteiger charge is -2.34. The number of rotatable bonds is 8. The Morgan fingerprint density at radius 1 is 0.284 bits per heavy atom. The van der Waals surface area contributed by atoms with Crippen LogP contribution in [0.25, 0.3) is 66.1 Å². The van der Waals surface area contributed by atoms with E-state index in [-0.39, 0.29) is 5.41 Å². The molecule has 11 aromatic rings. The molecule has 0 unspecified atom stereocenters. The summed E-state index contributed by atoms with van der Waals surface area (Å²) in [5.41, 5.74) is 20.7. The van der Waals surface area contributed by atoms with Gasteiger partial charge in [0.2, 0.25) is 0 Å². The predicted octanol–water partition coefficient (Wildman–Crippen LogP) is 17.5. The number of hydrogen-bond acceptors (Lipinski definition) is 1. The summed E-state index contributed by atoms with van der Waals surface area (Å²) in [5, 5.41) is 5.28. The van der Waals surface area contributed by atoms with E-state index < -0.39 is 5.41 Å². The largest absolute Gasteiger partial charge is 0.310 e. The summed E-state index contributed by atoms with van der Waals surface area (Å²) in [5.74, 6) is 0. The van der Waals surface area contributed by atoms with Crippen LogP contribution >= 0.6 is 0 Å². The molecule has 0 fully saturated rings. The Kier molecular flexibility index (Phi) is 8.85. The normalized spacial score (nSPS) is 13.8. The van der Waals surface area contributed by atoms with Gasteiger partial charge in [-0.15, -0.1) is 0 Å². The molecule has 11 aromatic carbocycles. The zero-order chi connectivity index (χ0) is 44.7. The van der Waals surface area contributed by atoms with Gasteiger partial charge in [-0.05, 0) is 148 Å². The summed E-state index contributed by atoms with van der Waals surface area (Å²) in [6, 6.07) is 92.4. The Labute approximate surface area is 392 Å². The first-order valence-corrected chi connectivity index (χ1v) is 23.5. The molecular formula is C66H47N. The maximum absolute atomic E-state index is 2.48. The van der Waals surface area contributed by atoms with E-state index >= 15 is 0 Å². The van der Waals surface area contributed by atoms with Crippen LogP contribution in [-0.2, 0) is 10.8 Å². The molecule has 0 spiro atoms. The molecule has 1 nitrogen and oxygen atoms in total. The van der Waals surface area contributed by atoms with Crippen LogP contribution in [0.1, 0.15) is 47.2 Å². The van der Waals surface area contributed by atoms with Gasteiger partial charge in [0, 0.05) is 22.5 Å². The van der Waals surface area contributed by atoms with Crippen LogP contribution in [0, 0.1) is 0 Å². The predicted molar refractivity (Wildman–Crippen MR) is 282 cm³/mol. The molecule has 0 aromatic heterocycles. The highest BCUT2D eigenvalue weighted by Crippen LogP contribution is 2.57. The minimum atomic E-state index is -0.444. The van der Waals surface area contributed by atoms with Gasteiger partial charge < -0.3 is 4.90 Å². The van der Waals surface area contributed by atoms with Gasteiger partial charge in [0.05, 0.1) is 5.41 Å². The fraction of sp³-hybridized carbons (Fsp3) is 0.0606. The molecular weight excluding hydrogens is 807 g/mol. The lowest BCUT2D eigenvalue weighted by molar-refractivity contribution is 0.660. The minimum absolute atomic E-state index is 0.101. The average Bonchev–Trinajstić information content (AvgIpc) is 3.83. The van der Waals surface area contributed by atoms with Gasteiger partial charge in [0.15, 0.2) is 0 Å². The summed E-state index contributed by atoms with van der Waals surface area (Å²) in [6.07, 6.45) is 0. The molecule has 0 saturated carbocycles.